The predicted molar refractivity (Wildman–Crippen MR) is 90.9 cm³/mol. The Balaban J connectivity index is 1.93. The van der Waals surface area contributed by atoms with Gasteiger partial charge >= 0.3 is 0 Å². The van der Waals surface area contributed by atoms with Crippen LogP contribution in [0.25, 0.3) is 0 Å². The van der Waals surface area contributed by atoms with Crippen molar-refractivity contribution in [3.05, 3.63) is 108 Å². The van der Waals surface area contributed by atoms with Crippen molar-refractivity contribution in [3.63, 3.8) is 0 Å². The van der Waals surface area contributed by atoms with E-state index in [1.807, 2.05) is 36.4 Å². The van der Waals surface area contributed by atoms with Gasteiger partial charge in [0, 0.05) is 11.0 Å². The lowest BCUT2D eigenvalue weighted by molar-refractivity contribution is 0.104. The van der Waals surface area contributed by atoms with Crippen LogP contribution in [0.15, 0.2) is 91.1 Å². The number of carbonyl (C=O) groups excluding carboxylic acids is 1. The highest BCUT2D eigenvalue weighted by atomic mass is 19.1. The zero-order chi connectivity index (χ0) is 16.1. The molecule has 2 heteroatoms. The molecule has 114 valence electrons. The van der Waals surface area contributed by atoms with Crippen LogP contribution in [-0.4, -0.2) is 5.78 Å². The average Bonchev–Trinajstić information content (AvgIpc) is 2.62. The fourth-order valence-electron chi connectivity index (χ4n) is 2.75. The van der Waals surface area contributed by atoms with Crippen molar-refractivity contribution in [1.29, 1.82) is 0 Å². The summed E-state index contributed by atoms with van der Waals surface area (Å²) in [5.41, 5.74) is 1.22. The molecule has 1 nitrogen and oxygen atoms in total. The molecule has 1 unspecified atom stereocenters. The van der Waals surface area contributed by atoms with Gasteiger partial charge in [0.1, 0.15) is 5.82 Å². The molecule has 0 N–H and O–H groups in total. The molecule has 1 aliphatic carbocycles. The molecule has 0 fully saturated rings. The second-order valence-corrected chi connectivity index (χ2v) is 5.60. The summed E-state index contributed by atoms with van der Waals surface area (Å²) in [5.74, 6) is -0.293. The summed E-state index contributed by atoms with van der Waals surface area (Å²) >= 11 is 0. The first-order chi connectivity index (χ1) is 11.2. The Morgan fingerprint density at radius 2 is 1.74 bits per heavy atom. The topological polar surface area (TPSA) is 17.1 Å². The normalized spacial score (nSPS) is 20.0. The minimum atomic E-state index is -0.410. The summed E-state index contributed by atoms with van der Waals surface area (Å²) in [6, 6.07) is 15.6. The molecule has 0 aromatic heterocycles. The third-order valence-electron chi connectivity index (χ3n) is 4.07. The van der Waals surface area contributed by atoms with Crippen LogP contribution >= 0.6 is 0 Å². The van der Waals surface area contributed by atoms with Crippen LogP contribution in [0.2, 0.25) is 0 Å². The summed E-state index contributed by atoms with van der Waals surface area (Å²) in [5, 5.41) is 0. The molecular weight excluding hydrogens is 287 g/mol. The molecule has 0 saturated heterocycles. The third kappa shape index (κ3) is 3.37. The molecule has 2 aromatic carbocycles. The van der Waals surface area contributed by atoms with E-state index in [0.717, 1.165) is 12.0 Å². The Morgan fingerprint density at radius 3 is 2.39 bits per heavy atom. The minimum absolute atomic E-state index is 0.0324. The summed E-state index contributed by atoms with van der Waals surface area (Å²) in [4.78, 5) is 12.3. The van der Waals surface area contributed by atoms with Gasteiger partial charge in [0.05, 0.1) is 0 Å². The Labute approximate surface area is 135 Å². The van der Waals surface area contributed by atoms with Gasteiger partial charge in [-0.3, -0.25) is 4.79 Å². The van der Waals surface area contributed by atoms with E-state index >= 15 is 0 Å². The molecular formula is C21H17FO. The van der Waals surface area contributed by atoms with E-state index in [4.69, 9.17) is 0 Å². The lowest BCUT2D eigenvalue weighted by Gasteiger charge is -2.28. The maximum Gasteiger partial charge on any atom is 0.185 e. The largest absolute Gasteiger partial charge is 0.289 e. The average molecular weight is 304 g/mol. The highest BCUT2D eigenvalue weighted by molar-refractivity contribution is 6.04. The predicted octanol–water partition coefficient (Wildman–Crippen LogP) is 5.02. The number of halogens is 1. The van der Waals surface area contributed by atoms with Crippen molar-refractivity contribution < 1.29 is 9.18 Å². The molecule has 0 radical (unpaired) electrons. The highest BCUT2D eigenvalue weighted by Crippen LogP contribution is 2.34. The lowest BCUT2D eigenvalue weighted by atomic mass is 9.75. The van der Waals surface area contributed by atoms with Crippen molar-refractivity contribution in [3.8, 4) is 0 Å². The van der Waals surface area contributed by atoms with E-state index < -0.39 is 5.41 Å². The first-order valence-corrected chi connectivity index (χ1v) is 7.59. The molecule has 0 heterocycles. The maximum absolute atomic E-state index is 13.2. The van der Waals surface area contributed by atoms with Gasteiger partial charge in [-0.15, -0.1) is 0 Å². The molecule has 1 atom stereocenters. The fourth-order valence-corrected chi connectivity index (χ4v) is 2.75. The SMILES string of the molecule is O=C(/C=C/C1(c2ccc(F)cc2)C=CC=CC1)c1ccccc1. The number of hydrogen-bond donors (Lipinski definition) is 0. The lowest BCUT2D eigenvalue weighted by Crippen LogP contribution is -2.21. The van der Waals surface area contributed by atoms with Crippen molar-refractivity contribution in [2.24, 2.45) is 0 Å². The van der Waals surface area contributed by atoms with E-state index in [2.05, 4.69) is 12.2 Å². The van der Waals surface area contributed by atoms with E-state index in [-0.39, 0.29) is 11.6 Å². The Hall–Kier alpha value is -2.74. The van der Waals surface area contributed by atoms with Crippen LogP contribution < -0.4 is 0 Å². The number of benzene rings is 2. The summed E-state index contributed by atoms with van der Waals surface area (Å²) in [7, 11) is 0. The van der Waals surface area contributed by atoms with Gasteiger partial charge in [0.15, 0.2) is 5.78 Å². The Morgan fingerprint density at radius 1 is 1.00 bits per heavy atom. The molecule has 1 aliphatic rings. The van der Waals surface area contributed by atoms with Crippen LogP contribution in [0.1, 0.15) is 22.3 Å². The van der Waals surface area contributed by atoms with Gasteiger partial charge in [-0.25, -0.2) is 4.39 Å². The van der Waals surface area contributed by atoms with Gasteiger partial charge < -0.3 is 0 Å². The minimum Gasteiger partial charge on any atom is -0.289 e. The number of hydrogen-bond acceptors (Lipinski definition) is 1. The van der Waals surface area contributed by atoms with E-state index in [1.165, 1.54) is 12.1 Å². The van der Waals surface area contributed by atoms with Crippen molar-refractivity contribution in [2.45, 2.75) is 11.8 Å². The molecule has 0 amide bonds. The molecule has 2 aromatic rings. The van der Waals surface area contributed by atoms with E-state index in [1.54, 1.807) is 30.3 Å². The Bertz CT molecular complexity index is 769. The van der Waals surface area contributed by atoms with Crippen molar-refractivity contribution >= 4 is 5.78 Å². The number of carbonyl (C=O) groups is 1. The zero-order valence-corrected chi connectivity index (χ0v) is 12.7. The first kappa shape index (κ1) is 15.2. The first-order valence-electron chi connectivity index (χ1n) is 7.59. The zero-order valence-electron chi connectivity index (χ0n) is 12.7. The summed E-state index contributed by atoms with van der Waals surface area (Å²) in [6.07, 6.45) is 12.3. The monoisotopic (exact) mass is 304 g/mol. The highest BCUT2D eigenvalue weighted by Gasteiger charge is 2.26. The smallest absolute Gasteiger partial charge is 0.185 e. The second-order valence-electron chi connectivity index (χ2n) is 5.60. The molecule has 3 rings (SSSR count). The number of allylic oxidation sites excluding steroid dienone is 6. The van der Waals surface area contributed by atoms with Crippen molar-refractivity contribution in [2.75, 3.05) is 0 Å². The summed E-state index contributed by atoms with van der Waals surface area (Å²) in [6.45, 7) is 0. The van der Waals surface area contributed by atoms with E-state index in [0.29, 0.717) is 5.56 Å². The third-order valence-corrected chi connectivity index (χ3v) is 4.07. The molecule has 0 aliphatic heterocycles. The number of rotatable bonds is 4. The van der Waals surface area contributed by atoms with Gasteiger partial charge in [-0.05, 0) is 30.2 Å². The molecule has 0 saturated carbocycles. The molecule has 23 heavy (non-hydrogen) atoms. The van der Waals surface area contributed by atoms with Crippen molar-refractivity contribution in [1.82, 2.24) is 0 Å². The van der Waals surface area contributed by atoms with Crippen LogP contribution in [0, 0.1) is 5.82 Å². The quantitative estimate of drug-likeness (QED) is 0.572. The van der Waals surface area contributed by atoms with Crippen LogP contribution in [0.4, 0.5) is 4.39 Å². The van der Waals surface area contributed by atoms with Crippen LogP contribution in [-0.2, 0) is 5.41 Å². The van der Waals surface area contributed by atoms with Gasteiger partial charge in [0.25, 0.3) is 0 Å². The molecule has 0 spiro atoms. The van der Waals surface area contributed by atoms with Gasteiger partial charge in [-0.1, -0.05) is 72.8 Å². The van der Waals surface area contributed by atoms with Crippen LogP contribution in [0.5, 0.6) is 0 Å². The van der Waals surface area contributed by atoms with Gasteiger partial charge in [0.2, 0.25) is 0 Å². The molecule has 0 bridgehead atoms. The Kier molecular flexibility index (Phi) is 4.33. The number of ketones is 1. The van der Waals surface area contributed by atoms with Gasteiger partial charge in [-0.2, -0.15) is 0 Å². The second kappa shape index (κ2) is 6.57. The van der Waals surface area contributed by atoms with Crippen LogP contribution in [0.3, 0.4) is 0 Å². The maximum atomic E-state index is 13.2. The summed E-state index contributed by atoms with van der Waals surface area (Å²) < 4.78 is 13.2. The fraction of sp³-hybridized carbons (Fsp3) is 0.0952. The standard InChI is InChI=1S/C21H17FO/c22-19-11-9-18(10-12-19)21(14-5-2-6-15-21)16-13-20(23)17-7-3-1-4-8-17/h1-14,16H,15H2/b16-13+. The van der Waals surface area contributed by atoms with E-state index in [9.17, 15) is 9.18 Å².